The number of carbonyl (C=O) groups is 2. The maximum atomic E-state index is 10.5. The number of amides is 2. The molecule has 0 atom stereocenters. The Bertz CT molecular complexity index is 175. The number of hydrogen-bond acceptors (Lipinski definition) is 2. The summed E-state index contributed by atoms with van der Waals surface area (Å²) in [6.45, 7) is 3.31. The number of rotatable bonds is 3. The van der Waals surface area contributed by atoms with E-state index >= 15 is 0 Å². The van der Waals surface area contributed by atoms with Gasteiger partial charge in [-0.05, 0) is 0 Å². The van der Waals surface area contributed by atoms with E-state index in [2.05, 4.69) is 11.9 Å². The van der Waals surface area contributed by atoms with Crippen LogP contribution in [-0.2, 0) is 9.59 Å². The van der Waals surface area contributed by atoms with E-state index in [9.17, 15) is 9.59 Å². The van der Waals surface area contributed by atoms with Crippen molar-refractivity contribution in [1.82, 2.24) is 5.32 Å². The van der Waals surface area contributed by atoms with Crippen molar-refractivity contribution in [3.8, 4) is 0 Å². The van der Waals surface area contributed by atoms with Crippen LogP contribution in [0.5, 0.6) is 0 Å². The van der Waals surface area contributed by atoms with E-state index in [1.807, 2.05) is 0 Å². The normalized spacial score (nSPS) is 8.50. The largest absolute Gasteiger partial charge is 0.366 e. The smallest absolute Gasteiger partial charge is 0.244 e. The van der Waals surface area contributed by atoms with Crippen LogP contribution in [0.25, 0.3) is 0 Å². The second-order valence-corrected chi connectivity index (χ2v) is 1.82. The molecule has 0 spiro atoms. The van der Waals surface area contributed by atoms with Crippen LogP contribution in [0.1, 0.15) is 6.42 Å². The molecule has 0 fully saturated rings. The highest BCUT2D eigenvalue weighted by molar-refractivity contribution is 5.96. The summed E-state index contributed by atoms with van der Waals surface area (Å²) in [5.74, 6) is -0.896. The van der Waals surface area contributed by atoms with Crippen LogP contribution in [0.4, 0.5) is 0 Å². The maximum Gasteiger partial charge on any atom is 0.244 e. The van der Waals surface area contributed by atoms with Crippen molar-refractivity contribution >= 4 is 11.8 Å². The molecule has 4 heteroatoms. The molecule has 0 radical (unpaired) electrons. The highest BCUT2D eigenvalue weighted by atomic mass is 16.2. The Labute approximate surface area is 59.1 Å². The molecule has 0 aliphatic rings. The molecular formula is C6H10N2O2. The van der Waals surface area contributed by atoms with Gasteiger partial charge in [0.15, 0.2) is 0 Å². The van der Waals surface area contributed by atoms with Gasteiger partial charge in [-0.15, -0.1) is 0 Å². The molecule has 0 heterocycles. The Morgan fingerprint density at radius 2 is 2.10 bits per heavy atom. The van der Waals surface area contributed by atoms with Crippen molar-refractivity contribution in [2.45, 2.75) is 6.42 Å². The fraction of sp³-hybridized carbons (Fsp3) is 0.333. The van der Waals surface area contributed by atoms with Crippen LogP contribution in [-0.4, -0.2) is 18.9 Å². The predicted molar refractivity (Wildman–Crippen MR) is 37.0 cm³/mol. The lowest BCUT2D eigenvalue weighted by Crippen LogP contribution is -2.22. The van der Waals surface area contributed by atoms with Gasteiger partial charge in [0.1, 0.15) is 0 Å². The lowest BCUT2D eigenvalue weighted by Gasteiger charge is -1.97. The van der Waals surface area contributed by atoms with Crippen LogP contribution >= 0.6 is 0 Å². The van der Waals surface area contributed by atoms with Gasteiger partial charge in [-0.2, -0.15) is 0 Å². The van der Waals surface area contributed by atoms with Crippen molar-refractivity contribution in [1.29, 1.82) is 0 Å². The van der Waals surface area contributed by atoms with Crippen LogP contribution in [0.3, 0.4) is 0 Å². The quantitative estimate of drug-likeness (QED) is 0.504. The van der Waals surface area contributed by atoms with E-state index in [-0.39, 0.29) is 17.9 Å². The average molecular weight is 142 g/mol. The van der Waals surface area contributed by atoms with Gasteiger partial charge in [-0.1, -0.05) is 6.58 Å². The first-order chi connectivity index (χ1) is 4.57. The maximum absolute atomic E-state index is 10.5. The van der Waals surface area contributed by atoms with Gasteiger partial charge < -0.3 is 11.1 Å². The van der Waals surface area contributed by atoms with E-state index in [0.717, 1.165) is 0 Å². The molecule has 0 saturated carbocycles. The third-order valence-electron chi connectivity index (χ3n) is 1.00. The number of carbonyl (C=O) groups excluding carboxylic acids is 2. The van der Waals surface area contributed by atoms with Crippen molar-refractivity contribution in [3.05, 3.63) is 12.2 Å². The van der Waals surface area contributed by atoms with E-state index < -0.39 is 5.91 Å². The summed E-state index contributed by atoms with van der Waals surface area (Å²) in [5, 5.41) is 2.34. The Morgan fingerprint density at radius 3 is 2.40 bits per heavy atom. The summed E-state index contributed by atoms with van der Waals surface area (Å²) in [5.41, 5.74) is 4.94. The second-order valence-electron chi connectivity index (χ2n) is 1.82. The summed E-state index contributed by atoms with van der Waals surface area (Å²) in [6.07, 6.45) is -0.0220. The fourth-order valence-electron chi connectivity index (χ4n) is 0.369. The van der Waals surface area contributed by atoms with Crippen LogP contribution in [0.2, 0.25) is 0 Å². The second kappa shape index (κ2) is 3.66. The molecule has 0 aromatic carbocycles. The van der Waals surface area contributed by atoms with Crippen molar-refractivity contribution in [2.24, 2.45) is 5.73 Å². The molecule has 0 aromatic heterocycles. The lowest BCUT2D eigenvalue weighted by atomic mass is 10.2. The third kappa shape index (κ3) is 2.86. The molecule has 0 saturated heterocycles. The minimum Gasteiger partial charge on any atom is -0.366 e. The zero-order valence-corrected chi connectivity index (χ0v) is 5.81. The molecular weight excluding hydrogens is 132 g/mol. The Kier molecular flexibility index (Phi) is 3.17. The number of nitrogens with one attached hydrogen (secondary N) is 1. The standard InChI is InChI=1S/C6H10N2O2/c1-4(6(7)10)3-5(9)8-2/h1,3H2,2H3,(H2,7,10)(H,8,9). The molecule has 0 unspecified atom stereocenters. The first kappa shape index (κ1) is 8.68. The highest BCUT2D eigenvalue weighted by Gasteiger charge is 2.05. The first-order valence-corrected chi connectivity index (χ1v) is 2.76. The molecule has 10 heavy (non-hydrogen) atoms. The van der Waals surface area contributed by atoms with Crippen molar-refractivity contribution < 1.29 is 9.59 Å². The summed E-state index contributed by atoms with van der Waals surface area (Å²) in [6, 6.07) is 0. The van der Waals surface area contributed by atoms with Gasteiger partial charge in [0.05, 0.1) is 6.42 Å². The highest BCUT2D eigenvalue weighted by Crippen LogP contribution is 1.94. The number of nitrogens with two attached hydrogens (primary N) is 1. The van der Waals surface area contributed by atoms with Crippen LogP contribution in [0.15, 0.2) is 12.2 Å². The van der Waals surface area contributed by atoms with Gasteiger partial charge in [0, 0.05) is 12.6 Å². The van der Waals surface area contributed by atoms with Crippen molar-refractivity contribution in [2.75, 3.05) is 7.05 Å². The third-order valence-corrected chi connectivity index (χ3v) is 1.00. The van der Waals surface area contributed by atoms with E-state index in [1.54, 1.807) is 0 Å². The Morgan fingerprint density at radius 1 is 1.60 bits per heavy atom. The van der Waals surface area contributed by atoms with Gasteiger partial charge >= 0.3 is 0 Å². The monoisotopic (exact) mass is 142 g/mol. The van der Waals surface area contributed by atoms with E-state index in [1.165, 1.54) is 7.05 Å². The lowest BCUT2D eigenvalue weighted by molar-refractivity contribution is -0.122. The minimum absolute atomic E-state index is 0.0220. The molecule has 56 valence electrons. The zero-order valence-electron chi connectivity index (χ0n) is 5.81. The molecule has 3 N–H and O–H groups in total. The molecule has 4 nitrogen and oxygen atoms in total. The van der Waals surface area contributed by atoms with E-state index in [0.29, 0.717) is 0 Å². The minimum atomic E-state index is -0.636. The topological polar surface area (TPSA) is 72.2 Å². The predicted octanol–water partition coefficient (Wildman–Crippen LogP) is -0.836. The van der Waals surface area contributed by atoms with Gasteiger partial charge in [0.25, 0.3) is 0 Å². The summed E-state index contributed by atoms with van der Waals surface area (Å²) < 4.78 is 0. The average Bonchev–Trinajstić information content (AvgIpc) is 1.87. The Balaban J connectivity index is 3.80. The van der Waals surface area contributed by atoms with Crippen LogP contribution in [0, 0.1) is 0 Å². The molecule has 2 amide bonds. The molecule has 0 aromatic rings. The Hall–Kier alpha value is -1.32. The summed E-state index contributed by atoms with van der Waals surface area (Å²) in [7, 11) is 1.48. The van der Waals surface area contributed by atoms with E-state index in [4.69, 9.17) is 5.73 Å². The molecule has 0 bridgehead atoms. The molecule has 0 aliphatic heterocycles. The zero-order chi connectivity index (χ0) is 8.15. The first-order valence-electron chi connectivity index (χ1n) is 2.76. The van der Waals surface area contributed by atoms with Gasteiger partial charge in [0.2, 0.25) is 11.8 Å². The van der Waals surface area contributed by atoms with Crippen LogP contribution < -0.4 is 11.1 Å². The molecule has 0 rings (SSSR count). The fourth-order valence-corrected chi connectivity index (χ4v) is 0.369. The van der Waals surface area contributed by atoms with Gasteiger partial charge in [-0.3, -0.25) is 9.59 Å². The number of hydrogen-bond donors (Lipinski definition) is 2. The van der Waals surface area contributed by atoms with Crippen molar-refractivity contribution in [3.63, 3.8) is 0 Å². The SMILES string of the molecule is C=C(CC(=O)NC)C(N)=O. The summed E-state index contributed by atoms with van der Waals surface area (Å²) >= 11 is 0. The molecule has 0 aliphatic carbocycles. The number of primary amides is 1. The summed E-state index contributed by atoms with van der Waals surface area (Å²) in [4.78, 5) is 20.8. The van der Waals surface area contributed by atoms with Gasteiger partial charge in [-0.25, -0.2) is 0 Å².